The Bertz CT molecular complexity index is 2120. The molecule has 0 fully saturated rings. The molecular weight excluding hydrogens is 620 g/mol. The van der Waals surface area contributed by atoms with Gasteiger partial charge >= 0.3 is 0 Å². The molecular formula is C44H35FN4O. The maximum Gasteiger partial charge on any atom is 0.147 e. The van der Waals surface area contributed by atoms with Crippen LogP contribution in [0.4, 0.5) is 15.8 Å². The van der Waals surface area contributed by atoms with Crippen LogP contribution in [0.25, 0.3) is 11.3 Å². The number of nitrogens with zero attached hydrogens (tertiary/aromatic N) is 4. The summed E-state index contributed by atoms with van der Waals surface area (Å²) in [6.07, 6.45) is 2.11. The third kappa shape index (κ3) is 6.13. The third-order valence-electron chi connectivity index (χ3n) is 8.91. The molecule has 0 atom stereocenters. The van der Waals surface area contributed by atoms with E-state index >= 15 is 4.39 Å². The highest BCUT2D eigenvalue weighted by Crippen LogP contribution is 2.43. The maximum atomic E-state index is 16.0. The summed E-state index contributed by atoms with van der Waals surface area (Å²) in [5, 5.41) is 9.57. The van der Waals surface area contributed by atoms with Crippen molar-refractivity contribution < 1.29 is 9.13 Å². The fraction of sp³-hybridized carbons (Fsp3) is 0.0909. The molecule has 0 unspecified atom stereocenters. The third-order valence-corrected chi connectivity index (χ3v) is 8.91. The van der Waals surface area contributed by atoms with Gasteiger partial charge in [-0.25, -0.2) is 9.37 Å². The summed E-state index contributed by atoms with van der Waals surface area (Å²) in [6, 6.07) is 55.6. The molecule has 6 aromatic carbocycles. The lowest BCUT2D eigenvalue weighted by Crippen LogP contribution is -2.39. The standard InChI is InChI=1S/C44H35FN4O/c1-2-50-39-27-28-40(45)42(29-39)48(38-25-23-33(30-46)24-26-38)32-43-47-41(34-15-7-3-8-16-34)31-49(43)44(35-17-9-4-10-18-35,36-19-11-5-12-20-36)37-21-13-6-14-22-37/h3-29,31H,2,32H2,1H3. The van der Waals surface area contributed by atoms with Crippen LogP contribution >= 0.6 is 0 Å². The average Bonchev–Trinajstić information content (AvgIpc) is 3.61. The highest BCUT2D eigenvalue weighted by atomic mass is 19.1. The van der Waals surface area contributed by atoms with Gasteiger partial charge in [-0.05, 0) is 60.0 Å². The molecule has 0 radical (unpaired) electrons. The van der Waals surface area contributed by atoms with Gasteiger partial charge < -0.3 is 14.2 Å². The van der Waals surface area contributed by atoms with Crippen molar-refractivity contribution in [2.24, 2.45) is 0 Å². The van der Waals surface area contributed by atoms with Gasteiger partial charge in [0.1, 0.15) is 22.9 Å². The monoisotopic (exact) mass is 654 g/mol. The molecule has 1 heterocycles. The summed E-state index contributed by atoms with van der Waals surface area (Å²) >= 11 is 0. The molecule has 7 aromatic rings. The molecule has 0 amide bonds. The largest absolute Gasteiger partial charge is 0.494 e. The molecule has 0 bridgehead atoms. The molecule has 5 nitrogen and oxygen atoms in total. The molecule has 244 valence electrons. The van der Waals surface area contributed by atoms with Crippen LogP contribution in [0.1, 0.15) is 35.0 Å². The second-order valence-electron chi connectivity index (χ2n) is 11.9. The van der Waals surface area contributed by atoms with Crippen molar-refractivity contribution in [2.45, 2.75) is 19.0 Å². The van der Waals surface area contributed by atoms with Crippen LogP contribution in [0.2, 0.25) is 0 Å². The van der Waals surface area contributed by atoms with Crippen molar-refractivity contribution >= 4 is 11.4 Å². The molecule has 0 aliphatic carbocycles. The van der Waals surface area contributed by atoms with Crippen molar-refractivity contribution in [1.82, 2.24) is 9.55 Å². The lowest BCUT2D eigenvalue weighted by molar-refractivity contribution is 0.339. The molecule has 0 aliphatic heterocycles. The van der Waals surface area contributed by atoms with Crippen molar-refractivity contribution in [3.05, 3.63) is 204 Å². The van der Waals surface area contributed by atoms with E-state index < -0.39 is 11.4 Å². The van der Waals surface area contributed by atoms with Crippen molar-refractivity contribution in [1.29, 1.82) is 5.26 Å². The highest BCUT2D eigenvalue weighted by molar-refractivity contribution is 5.67. The summed E-state index contributed by atoms with van der Waals surface area (Å²) in [6.45, 7) is 2.54. The van der Waals surface area contributed by atoms with Gasteiger partial charge in [-0.2, -0.15) is 5.26 Å². The van der Waals surface area contributed by atoms with Crippen LogP contribution in [0.15, 0.2) is 170 Å². The Morgan fingerprint density at radius 3 is 1.78 bits per heavy atom. The predicted octanol–water partition coefficient (Wildman–Crippen LogP) is 10.1. The van der Waals surface area contributed by atoms with Crippen LogP contribution in [0, 0.1) is 17.1 Å². The number of aromatic nitrogens is 2. The normalized spacial score (nSPS) is 11.1. The van der Waals surface area contributed by atoms with Gasteiger partial charge in [0, 0.05) is 23.5 Å². The molecule has 0 saturated carbocycles. The number of hydrogen-bond acceptors (Lipinski definition) is 4. The molecule has 0 saturated heterocycles. The van der Waals surface area contributed by atoms with Crippen LogP contribution in [0.5, 0.6) is 5.75 Å². The maximum absolute atomic E-state index is 16.0. The van der Waals surface area contributed by atoms with Gasteiger partial charge in [0.2, 0.25) is 0 Å². The molecule has 7 rings (SSSR count). The van der Waals surface area contributed by atoms with E-state index in [9.17, 15) is 5.26 Å². The SMILES string of the molecule is CCOc1ccc(F)c(N(Cc2nc(-c3ccccc3)cn2C(c2ccccc2)(c2ccccc2)c2ccccc2)c2ccc(C#N)cc2)c1. The zero-order valence-corrected chi connectivity index (χ0v) is 27.7. The number of hydrogen-bond donors (Lipinski definition) is 0. The van der Waals surface area contributed by atoms with E-state index in [2.05, 4.69) is 102 Å². The lowest BCUT2D eigenvalue weighted by Gasteiger charge is -2.39. The van der Waals surface area contributed by atoms with E-state index in [0.29, 0.717) is 35.1 Å². The van der Waals surface area contributed by atoms with Crippen LogP contribution in [0.3, 0.4) is 0 Å². The number of imidazole rings is 1. The van der Waals surface area contributed by atoms with Gasteiger partial charge in [0.15, 0.2) is 0 Å². The Balaban J connectivity index is 1.54. The number of ether oxygens (including phenoxy) is 1. The van der Waals surface area contributed by atoms with Crippen LogP contribution < -0.4 is 9.64 Å². The van der Waals surface area contributed by atoms with Crippen molar-refractivity contribution in [3.63, 3.8) is 0 Å². The smallest absolute Gasteiger partial charge is 0.147 e. The van der Waals surface area contributed by atoms with E-state index in [0.717, 1.165) is 27.9 Å². The molecule has 0 N–H and O–H groups in total. The highest BCUT2D eigenvalue weighted by Gasteiger charge is 2.40. The van der Waals surface area contributed by atoms with Crippen LogP contribution in [-0.2, 0) is 12.1 Å². The summed E-state index contributed by atoms with van der Waals surface area (Å²) in [7, 11) is 0. The Labute approximate surface area is 292 Å². The van der Waals surface area contributed by atoms with E-state index in [1.54, 1.807) is 24.3 Å². The minimum atomic E-state index is -0.860. The van der Waals surface area contributed by atoms with E-state index in [1.165, 1.54) is 6.07 Å². The zero-order valence-electron chi connectivity index (χ0n) is 27.7. The Morgan fingerprint density at radius 2 is 1.26 bits per heavy atom. The lowest BCUT2D eigenvalue weighted by atomic mass is 9.76. The number of nitriles is 1. The summed E-state index contributed by atoms with van der Waals surface area (Å²) in [4.78, 5) is 7.25. The van der Waals surface area contributed by atoms with E-state index in [1.807, 2.05) is 60.4 Å². The van der Waals surface area contributed by atoms with Gasteiger partial charge in [-0.3, -0.25) is 0 Å². The fourth-order valence-electron chi connectivity index (χ4n) is 6.65. The van der Waals surface area contributed by atoms with Gasteiger partial charge in [0.05, 0.1) is 36.2 Å². The summed E-state index contributed by atoms with van der Waals surface area (Å²) in [5.41, 5.74) is 5.59. The quantitative estimate of drug-likeness (QED) is 0.130. The topological polar surface area (TPSA) is 54.1 Å². The molecule has 0 aliphatic rings. The molecule has 1 aromatic heterocycles. The van der Waals surface area contributed by atoms with E-state index in [4.69, 9.17) is 9.72 Å². The van der Waals surface area contributed by atoms with Crippen molar-refractivity contribution in [2.75, 3.05) is 11.5 Å². The zero-order chi connectivity index (χ0) is 34.3. The number of rotatable bonds is 11. The predicted molar refractivity (Wildman–Crippen MR) is 197 cm³/mol. The summed E-state index contributed by atoms with van der Waals surface area (Å²) in [5.74, 6) is 0.855. The van der Waals surface area contributed by atoms with Crippen molar-refractivity contribution in [3.8, 4) is 23.1 Å². The first-order valence-corrected chi connectivity index (χ1v) is 16.6. The second kappa shape index (κ2) is 14.3. The average molecular weight is 655 g/mol. The van der Waals surface area contributed by atoms with Gasteiger partial charge in [-0.1, -0.05) is 121 Å². The first kappa shape index (κ1) is 32.1. The first-order valence-electron chi connectivity index (χ1n) is 16.6. The first-order chi connectivity index (χ1) is 24.6. The number of benzene rings is 6. The number of halogens is 1. The van der Waals surface area contributed by atoms with E-state index in [-0.39, 0.29) is 6.54 Å². The minimum absolute atomic E-state index is 0.194. The fourth-order valence-corrected chi connectivity index (χ4v) is 6.65. The molecule has 50 heavy (non-hydrogen) atoms. The second-order valence-corrected chi connectivity index (χ2v) is 11.9. The Kier molecular flexibility index (Phi) is 9.22. The molecule has 0 spiro atoms. The minimum Gasteiger partial charge on any atom is -0.494 e. The molecule has 6 heteroatoms. The Morgan fingerprint density at radius 1 is 0.720 bits per heavy atom. The van der Waals surface area contributed by atoms with Gasteiger partial charge in [0.25, 0.3) is 0 Å². The number of anilines is 2. The van der Waals surface area contributed by atoms with Gasteiger partial charge in [-0.15, -0.1) is 0 Å². The van der Waals surface area contributed by atoms with Crippen LogP contribution in [-0.4, -0.2) is 16.2 Å². The summed E-state index contributed by atoms with van der Waals surface area (Å²) < 4.78 is 24.1. The Hall–Kier alpha value is -6.45.